The van der Waals surface area contributed by atoms with Crippen LogP contribution >= 0.6 is 15.9 Å². The number of aliphatic imine (C=N–C) groups is 1. The van der Waals surface area contributed by atoms with Crippen molar-refractivity contribution in [2.24, 2.45) is 4.99 Å². The Morgan fingerprint density at radius 3 is 3.21 bits per heavy atom. The average Bonchev–Trinajstić information content (AvgIpc) is 2.77. The molecule has 0 spiro atoms. The number of hydrogen-bond donors (Lipinski definition) is 2. The Kier molecular flexibility index (Phi) is 3.03. The molecule has 1 aliphatic heterocycles. The Morgan fingerprint density at radius 1 is 1.64 bits per heavy atom. The van der Waals surface area contributed by atoms with Gasteiger partial charge in [0.2, 0.25) is 0 Å². The molecule has 0 radical (unpaired) electrons. The summed E-state index contributed by atoms with van der Waals surface area (Å²) < 4.78 is 2.89. The number of nitrogens with one attached hydrogen (secondary N) is 2. The molecule has 0 fully saturated rings. The van der Waals surface area contributed by atoms with Crippen molar-refractivity contribution < 1.29 is 0 Å². The van der Waals surface area contributed by atoms with E-state index in [-0.39, 0.29) is 0 Å². The van der Waals surface area contributed by atoms with Crippen LogP contribution in [0.4, 0.5) is 0 Å². The van der Waals surface area contributed by atoms with Gasteiger partial charge in [0.1, 0.15) is 0 Å². The summed E-state index contributed by atoms with van der Waals surface area (Å²) >= 11 is 3.35. The summed E-state index contributed by atoms with van der Waals surface area (Å²) in [7, 11) is 0. The lowest BCUT2D eigenvalue weighted by atomic mass is 10.6. The van der Waals surface area contributed by atoms with Crippen LogP contribution in [-0.2, 0) is 6.54 Å². The summed E-state index contributed by atoms with van der Waals surface area (Å²) in [6.45, 7) is 3.48. The van der Waals surface area contributed by atoms with Gasteiger partial charge in [0.15, 0.2) is 5.96 Å². The Hall–Kier alpha value is -1.04. The first-order valence-electron chi connectivity index (χ1n) is 4.55. The minimum Gasteiger partial charge on any atom is -0.355 e. The first-order chi connectivity index (χ1) is 6.84. The molecule has 76 valence electrons. The van der Waals surface area contributed by atoms with Gasteiger partial charge in [0.05, 0.1) is 23.8 Å². The molecule has 5 nitrogen and oxygen atoms in total. The quantitative estimate of drug-likeness (QED) is 0.814. The fourth-order valence-electron chi connectivity index (χ4n) is 1.27. The molecule has 0 saturated heterocycles. The molecular formula is C8H12BrN5. The van der Waals surface area contributed by atoms with Crippen LogP contribution in [0.25, 0.3) is 0 Å². The summed E-state index contributed by atoms with van der Waals surface area (Å²) in [6, 6.07) is 0. The van der Waals surface area contributed by atoms with Gasteiger partial charge in [-0.3, -0.25) is 9.67 Å². The van der Waals surface area contributed by atoms with Crippen LogP contribution in [0.2, 0.25) is 0 Å². The van der Waals surface area contributed by atoms with E-state index in [1.54, 1.807) is 6.20 Å². The fourth-order valence-corrected chi connectivity index (χ4v) is 1.59. The lowest BCUT2D eigenvalue weighted by Gasteiger charge is -2.05. The molecule has 1 aromatic heterocycles. The second kappa shape index (κ2) is 4.45. The number of nitrogens with zero attached hydrogens (tertiary/aromatic N) is 3. The largest absolute Gasteiger partial charge is 0.355 e. The van der Waals surface area contributed by atoms with Gasteiger partial charge in [0, 0.05) is 19.3 Å². The second-order valence-corrected chi connectivity index (χ2v) is 3.92. The summed E-state index contributed by atoms with van der Waals surface area (Å²) in [5.74, 6) is 0.899. The van der Waals surface area contributed by atoms with E-state index in [4.69, 9.17) is 0 Å². The monoisotopic (exact) mass is 257 g/mol. The number of rotatable bonds is 3. The van der Waals surface area contributed by atoms with Crippen molar-refractivity contribution in [2.75, 3.05) is 19.6 Å². The van der Waals surface area contributed by atoms with Crippen molar-refractivity contribution in [1.82, 2.24) is 20.4 Å². The van der Waals surface area contributed by atoms with Crippen molar-refractivity contribution >= 4 is 21.9 Å². The van der Waals surface area contributed by atoms with Gasteiger partial charge >= 0.3 is 0 Å². The van der Waals surface area contributed by atoms with Crippen LogP contribution in [0.1, 0.15) is 0 Å². The summed E-state index contributed by atoms with van der Waals surface area (Å²) in [5.41, 5.74) is 0. The molecule has 2 N–H and O–H groups in total. The molecule has 0 atom stereocenters. The molecule has 0 aliphatic carbocycles. The first-order valence-corrected chi connectivity index (χ1v) is 5.34. The number of halogens is 1. The van der Waals surface area contributed by atoms with E-state index in [1.165, 1.54) is 0 Å². The normalized spacial score (nSPS) is 15.1. The standard InChI is InChI=1S/C8H12BrN5/c9-7-5-13-14(6-7)4-3-12-8-10-1-2-11-8/h5-6H,1-4H2,(H2,10,11,12). The van der Waals surface area contributed by atoms with Crippen LogP contribution in [0.3, 0.4) is 0 Å². The maximum atomic E-state index is 4.23. The highest BCUT2D eigenvalue weighted by molar-refractivity contribution is 9.10. The number of aromatic nitrogens is 2. The van der Waals surface area contributed by atoms with E-state index in [0.29, 0.717) is 0 Å². The first kappa shape index (κ1) is 9.51. The van der Waals surface area contributed by atoms with Gasteiger partial charge in [0.25, 0.3) is 0 Å². The Morgan fingerprint density at radius 2 is 2.57 bits per heavy atom. The SMILES string of the molecule is Brc1cnn(CCNC2=NCCN2)c1. The van der Waals surface area contributed by atoms with E-state index in [2.05, 4.69) is 36.7 Å². The highest BCUT2D eigenvalue weighted by Gasteiger charge is 2.02. The third-order valence-electron chi connectivity index (χ3n) is 1.91. The molecule has 0 amide bonds. The van der Waals surface area contributed by atoms with Crippen LogP contribution in [-0.4, -0.2) is 35.4 Å². The van der Waals surface area contributed by atoms with Crippen molar-refractivity contribution in [3.63, 3.8) is 0 Å². The average molecular weight is 258 g/mol. The molecule has 2 rings (SSSR count). The molecule has 14 heavy (non-hydrogen) atoms. The zero-order valence-electron chi connectivity index (χ0n) is 7.70. The van der Waals surface area contributed by atoms with E-state index < -0.39 is 0 Å². The van der Waals surface area contributed by atoms with Crippen molar-refractivity contribution in [3.05, 3.63) is 16.9 Å². The highest BCUT2D eigenvalue weighted by Crippen LogP contribution is 2.05. The van der Waals surface area contributed by atoms with E-state index in [9.17, 15) is 0 Å². The van der Waals surface area contributed by atoms with Gasteiger partial charge in [-0.15, -0.1) is 0 Å². The maximum Gasteiger partial charge on any atom is 0.191 e. The molecule has 2 heterocycles. The van der Waals surface area contributed by atoms with E-state index in [0.717, 1.165) is 36.6 Å². The van der Waals surface area contributed by atoms with Gasteiger partial charge in [-0.1, -0.05) is 0 Å². The molecular weight excluding hydrogens is 246 g/mol. The highest BCUT2D eigenvalue weighted by atomic mass is 79.9. The molecule has 0 unspecified atom stereocenters. The zero-order chi connectivity index (χ0) is 9.80. The van der Waals surface area contributed by atoms with Crippen LogP contribution < -0.4 is 10.6 Å². The van der Waals surface area contributed by atoms with Crippen LogP contribution in [0, 0.1) is 0 Å². The molecule has 1 aliphatic rings. The minimum absolute atomic E-state index is 0.833. The fraction of sp³-hybridized carbons (Fsp3) is 0.500. The zero-order valence-corrected chi connectivity index (χ0v) is 9.29. The van der Waals surface area contributed by atoms with Gasteiger partial charge < -0.3 is 10.6 Å². The molecule has 6 heteroatoms. The van der Waals surface area contributed by atoms with Gasteiger partial charge in [-0.05, 0) is 15.9 Å². The lowest BCUT2D eigenvalue weighted by molar-refractivity contribution is 0.600. The predicted molar refractivity (Wildman–Crippen MR) is 58.2 cm³/mol. The van der Waals surface area contributed by atoms with Crippen LogP contribution in [0.5, 0.6) is 0 Å². The third-order valence-corrected chi connectivity index (χ3v) is 2.32. The maximum absolute atomic E-state index is 4.23. The number of guanidine groups is 1. The number of hydrogen-bond acceptors (Lipinski definition) is 4. The predicted octanol–water partition coefficient (Wildman–Crippen LogP) is 0.194. The van der Waals surface area contributed by atoms with E-state index >= 15 is 0 Å². The molecule has 0 saturated carbocycles. The third kappa shape index (κ3) is 2.47. The van der Waals surface area contributed by atoms with Gasteiger partial charge in [-0.25, -0.2) is 0 Å². The Labute approximate surface area is 90.7 Å². The molecule has 0 bridgehead atoms. The second-order valence-electron chi connectivity index (χ2n) is 3.01. The van der Waals surface area contributed by atoms with Crippen molar-refractivity contribution in [1.29, 1.82) is 0 Å². The molecule has 0 aromatic carbocycles. The summed E-state index contributed by atoms with van der Waals surface area (Å²) in [5, 5.41) is 10.5. The lowest BCUT2D eigenvalue weighted by Crippen LogP contribution is -2.35. The van der Waals surface area contributed by atoms with E-state index in [1.807, 2.05) is 10.9 Å². The Balaban J connectivity index is 1.72. The summed E-state index contributed by atoms with van der Waals surface area (Å²) in [4.78, 5) is 4.23. The Bertz CT molecular complexity index is 332. The van der Waals surface area contributed by atoms with Gasteiger partial charge in [-0.2, -0.15) is 5.10 Å². The van der Waals surface area contributed by atoms with Crippen molar-refractivity contribution in [2.45, 2.75) is 6.54 Å². The minimum atomic E-state index is 0.833. The topological polar surface area (TPSA) is 54.2 Å². The van der Waals surface area contributed by atoms with Crippen molar-refractivity contribution in [3.8, 4) is 0 Å². The summed E-state index contributed by atoms with van der Waals surface area (Å²) in [6.07, 6.45) is 3.73. The molecule has 1 aromatic rings. The van der Waals surface area contributed by atoms with Crippen LogP contribution in [0.15, 0.2) is 21.9 Å². The smallest absolute Gasteiger partial charge is 0.191 e.